The predicted molar refractivity (Wildman–Crippen MR) is 96.5 cm³/mol. The summed E-state index contributed by atoms with van der Waals surface area (Å²) in [7, 11) is 0. The average molecular weight is 347 g/mol. The van der Waals surface area contributed by atoms with E-state index in [9.17, 15) is 14.4 Å². The SMILES string of the molecule is CC(=O)c1ccc(NC(=O)C2CC2C(=O)Nc2ccccc2C#N)cc1. The second-order valence-corrected chi connectivity index (χ2v) is 6.22. The van der Waals surface area contributed by atoms with Crippen molar-refractivity contribution in [3.8, 4) is 6.07 Å². The molecule has 0 aliphatic heterocycles. The molecule has 2 unspecified atom stereocenters. The number of anilines is 2. The molecule has 130 valence electrons. The predicted octanol–water partition coefficient (Wildman–Crippen LogP) is 2.97. The van der Waals surface area contributed by atoms with Crippen LogP contribution in [-0.2, 0) is 9.59 Å². The summed E-state index contributed by atoms with van der Waals surface area (Å²) in [6.45, 7) is 1.48. The van der Waals surface area contributed by atoms with E-state index in [-0.39, 0.29) is 17.6 Å². The fourth-order valence-electron chi connectivity index (χ4n) is 2.71. The van der Waals surface area contributed by atoms with Crippen LogP contribution >= 0.6 is 0 Å². The van der Waals surface area contributed by atoms with Gasteiger partial charge in [-0.25, -0.2) is 0 Å². The molecule has 6 nitrogen and oxygen atoms in total. The largest absolute Gasteiger partial charge is 0.326 e. The fourth-order valence-corrected chi connectivity index (χ4v) is 2.71. The van der Waals surface area contributed by atoms with E-state index in [1.165, 1.54) is 6.92 Å². The maximum atomic E-state index is 12.3. The monoisotopic (exact) mass is 347 g/mol. The van der Waals surface area contributed by atoms with Gasteiger partial charge in [0.05, 0.1) is 23.1 Å². The zero-order valence-electron chi connectivity index (χ0n) is 14.2. The summed E-state index contributed by atoms with van der Waals surface area (Å²) in [5.74, 6) is -1.33. The van der Waals surface area contributed by atoms with E-state index < -0.39 is 11.8 Å². The molecule has 2 aromatic rings. The highest BCUT2D eigenvalue weighted by atomic mass is 16.2. The fraction of sp³-hybridized carbons (Fsp3) is 0.200. The van der Waals surface area contributed by atoms with Crippen LogP contribution in [0.1, 0.15) is 29.3 Å². The van der Waals surface area contributed by atoms with Crippen molar-refractivity contribution in [3.63, 3.8) is 0 Å². The summed E-state index contributed by atoms with van der Waals surface area (Å²) >= 11 is 0. The second-order valence-electron chi connectivity index (χ2n) is 6.22. The number of benzene rings is 2. The second kappa shape index (κ2) is 7.19. The number of hydrogen-bond donors (Lipinski definition) is 2. The molecule has 2 amide bonds. The van der Waals surface area contributed by atoms with Gasteiger partial charge in [-0.15, -0.1) is 0 Å². The van der Waals surface area contributed by atoms with E-state index in [1.807, 2.05) is 6.07 Å². The molecule has 6 heteroatoms. The van der Waals surface area contributed by atoms with Gasteiger partial charge in [0, 0.05) is 11.3 Å². The minimum atomic E-state index is -0.404. The van der Waals surface area contributed by atoms with Gasteiger partial charge in [0.1, 0.15) is 6.07 Å². The summed E-state index contributed by atoms with van der Waals surface area (Å²) < 4.78 is 0. The van der Waals surface area contributed by atoms with Crippen LogP contribution in [0, 0.1) is 23.2 Å². The lowest BCUT2D eigenvalue weighted by Crippen LogP contribution is -2.21. The number of Topliss-reactive ketones (excluding diaryl/α,β-unsaturated/α-hetero) is 1. The third-order valence-electron chi connectivity index (χ3n) is 4.33. The molecular weight excluding hydrogens is 330 g/mol. The molecule has 2 N–H and O–H groups in total. The van der Waals surface area contributed by atoms with Crippen molar-refractivity contribution in [1.29, 1.82) is 5.26 Å². The van der Waals surface area contributed by atoms with Crippen molar-refractivity contribution >= 4 is 29.0 Å². The first kappa shape index (κ1) is 17.4. The number of amides is 2. The van der Waals surface area contributed by atoms with Gasteiger partial charge in [-0.3, -0.25) is 14.4 Å². The van der Waals surface area contributed by atoms with E-state index in [0.29, 0.717) is 28.9 Å². The Bertz CT molecular complexity index is 913. The molecule has 1 aliphatic rings. The van der Waals surface area contributed by atoms with Gasteiger partial charge in [0.25, 0.3) is 0 Å². The Kier molecular flexibility index (Phi) is 4.81. The summed E-state index contributed by atoms with van der Waals surface area (Å²) in [6.07, 6.45) is 0.470. The normalized spacial score (nSPS) is 17.7. The summed E-state index contributed by atoms with van der Waals surface area (Å²) in [6, 6.07) is 15.4. The Morgan fingerprint density at radius 1 is 0.962 bits per heavy atom. The summed E-state index contributed by atoms with van der Waals surface area (Å²) in [5, 5.41) is 14.5. The van der Waals surface area contributed by atoms with Crippen LogP contribution in [0.4, 0.5) is 11.4 Å². The number of nitrogens with zero attached hydrogens (tertiary/aromatic N) is 1. The van der Waals surface area contributed by atoms with Crippen LogP contribution in [0.5, 0.6) is 0 Å². The van der Waals surface area contributed by atoms with Crippen LogP contribution in [0.25, 0.3) is 0 Å². The van der Waals surface area contributed by atoms with Crippen molar-refractivity contribution in [1.82, 2.24) is 0 Å². The Morgan fingerprint density at radius 3 is 2.19 bits per heavy atom. The van der Waals surface area contributed by atoms with Gasteiger partial charge < -0.3 is 10.6 Å². The molecule has 0 spiro atoms. The van der Waals surface area contributed by atoms with Crippen molar-refractivity contribution in [2.24, 2.45) is 11.8 Å². The number of para-hydroxylation sites is 1. The van der Waals surface area contributed by atoms with Gasteiger partial charge in [-0.2, -0.15) is 5.26 Å². The Hall–Kier alpha value is -3.46. The Morgan fingerprint density at radius 2 is 1.58 bits per heavy atom. The van der Waals surface area contributed by atoms with Crippen molar-refractivity contribution < 1.29 is 14.4 Å². The van der Waals surface area contributed by atoms with E-state index >= 15 is 0 Å². The zero-order valence-corrected chi connectivity index (χ0v) is 14.2. The number of rotatable bonds is 5. The van der Waals surface area contributed by atoms with E-state index in [0.717, 1.165) is 0 Å². The highest BCUT2D eigenvalue weighted by molar-refractivity contribution is 6.03. The van der Waals surface area contributed by atoms with Gasteiger partial charge in [0.15, 0.2) is 5.78 Å². The van der Waals surface area contributed by atoms with Crippen LogP contribution in [0.2, 0.25) is 0 Å². The van der Waals surface area contributed by atoms with E-state index in [4.69, 9.17) is 5.26 Å². The molecule has 26 heavy (non-hydrogen) atoms. The molecule has 2 aromatic carbocycles. The summed E-state index contributed by atoms with van der Waals surface area (Å²) in [4.78, 5) is 35.8. The highest BCUT2D eigenvalue weighted by Gasteiger charge is 2.48. The average Bonchev–Trinajstić information content (AvgIpc) is 3.43. The van der Waals surface area contributed by atoms with Gasteiger partial charge in [0.2, 0.25) is 11.8 Å². The molecule has 0 aromatic heterocycles. The third-order valence-corrected chi connectivity index (χ3v) is 4.33. The lowest BCUT2D eigenvalue weighted by Gasteiger charge is -2.07. The van der Waals surface area contributed by atoms with Gasteiger partial charge in [-0.05, 0) is 49.7 Å². The standard InChI is InChI=1S/C20H17N3O3/c1-12(24)13-6-8-15(9-7-13)22-19(25)16-10-17(16)20(26)23-18-5-3-2-4-14(18)11-21/h2-9,16-17H,10H2,1H3,(H,22,25)(H,23,26). The summed E-state index contributed by atoms with van der Waals surface area (Å²) in [5.41, 5.74) is 1.99. The number of nitriles is 1. The van der Waals surface area contributed by atoms with Crippen LogP contribution < -0.4 is 10.6 Å². The molecular formula is C20H17N3O3. The topological polar surface area (TPSA) is 99.1 Å². The molecule has 0 radical (unpaired) electrons. The lowest BCUT2D eigenvalue weighted by molar-refractivity contribution is -0.122. The number of carbonyl (C=O) groups excluding carboxylic acids is 3. The van der Waals surface area contributed by atoms with Crippen LogP contribution in [0.3, 0.4) is 0 Å². The van der Waals surface area contributed by atoms with E-state index in [2.05, 4.69) is 10.6 Å². The molecule has 0 heterocycles. The third kappa shape index (κ3) is 3.78. The van der Waals surface area contributed by atoms with Gasteiger partial charge >= 0.3 is 0 Å². The lowest BCUT2D eigenvalue weighted by atomic mass is 10.1. The highest BCUT2D eigenvalue weighted by Crippen LogP contribution is 2.40. The molecule has 2 atom stereocenters. The molecule has 0 saturated heterocycles. The number of ketones is 1. The van der Waals surface area contributed by atoms with Crippen molar-refractivity contribution in [3.05, 3.63) is 59.7 Å². The minimum absolute atomic E-state index is 0.0422. The molecule has 3 rings (SSSR count). The van der Waals surface area contributed by atoms with Crippen molar-refractivity contribution in [2.75, 3.05) is 10.6 Å². The van der Waals surface area contributed by atoms with Crippen LogP contribution in [-0.4, -0.2) is 17.6 Å². The molecule has 1 fully saturated rings. The number of hydrogen-bond acceptors (Lipinski definition) is 4. The van der Waals surface area contributed by atoms with Crippen molar-refractivity contribution in [2.45, 2.75) is 13.3 Å². The van der Waals surface area contributed by atoms with E-state index in [1.54, 1.807) is 48.5 Å². The first-order chi connectivity index (χ1) is 12.5. The first-order valence-electron chi connectivity index (χ1n) is 8.21. The molecule has 1 aliphatic carbocycles. The Balaban J connectivity index is 1.57. The Labute approximate surface area is 150 Å². The number of carbonyl (C=O) groups is 3. The van der Waals surface area contributed by atoms with Crippen LogP contribution in [0.15, 0.2) is 48.5 Å². The van der Waals surface area contributed by atoms with Gasteiger partial charge in [-0.1, -0.05) is 12.1 Å². The maximum absolute atomic E-state index is 12.3. The quantitative estimate of drug-likeness (QED) is 0.812. The first-order valence-corrected chi connectivity index (χ1v) is 8.21. The zero-order chi connectivity index (χ0) is 18.7. The molecule has 0 bridgehead atoms. The number of nitrogens with one attached hydrogen (secondary N) is 2. The smallest absolute Gasteiger partial charge is 0.228 e. The minimum Gasteiger partial charge on any atom is -0.326 e. The molecule has 1 saturated carbocycles. The maximum Gasteiger partial charge on any atom is 0.228 e.